The summed E-state index contributed by atoms with van der Waals surface area (Å²) in [5, 5.41) is 6.72. The first-order valence-electron chi connectivity index (χ1n) is 11.0. The predicted molar refractivity (Wildman–Crippen MR) is 146 cm³/mol. The van der Waals surface area contributed by atoms with Crippen LogP contribution in [-0.2, 0) is 4.79 Å². The van der Waals surface area contributed by atoms with Crippen molar-refractivity contribution in [3.63, 3.8) is 0 Å². The van der Waals surface area contributed by atoms with Gasteiger partial charge in [0.25, 0.3) is 5.91 Å². The van der Waals surface area contributed by atoms with Crippen LogP contribution in [0.2, 0.25) is 10.0 Å². The van der Waals surface area contributed by atoms with Crippen molar-refractivity contribution in [1.29, 1.82) is 0 Å². The van der Waals surface area contributed by atoms with Crippen molar-refractivity contribution in [2.75, 3.05) is 23.4 Å². The van der Waals surface area contributed by atoms with E-state index in [2.05, 4.69) is 10.6 Å². The van der Waals surface area contributed by atoms with Crippen molar-refractivity contribution in [3.05, 3.63) is 88.4 Å². The van der Waals surface area contributed by atoms with Gasteiger partial charge in [0.05, 0.1) is 11.6 Å². The van der Waals surface area contributed by atoms with Crippen molar-refractivity contribution in [2.24, 2.45) is 0 Å². The Balaban J connectivity index is 1.44. The van der Waals surface area contributed by atoms with Gasteiger partial charge in [0.1, 0.15) is 5.75 Å². The minimum Gasteiger partial charge on any atom is -0.492 e. The van der Waals surface area contributed by atoms with Gasteiger partial charge in [-0.05, 0) is 80.2 Å². The molecule has 3 aromatic rings. The van der Waals surface area contributed by atoms with Crippen molar-refractivity contribution in [2.45, 2.75) is 19.8 Å². The molecule has 0 radical (unpaired) electrons. The van der Waals surface area contributed by atoms with Crippen LogP contribution in [0.3, 0.4) is 0 Å². The van der Waals surface area contributed by atoms with E-state index in [0.717, 1.165) is 5.69 Å². The van der Waals surface area contributed by atoms with Crippen LogP contribution in [0.15, 0.2) is 72.8 Å². The first kappa shape index (κ1) is 26.5. The number of rotatable bonds is 9. The Morgan fingerprint density at radius 1 is 1.00 bits per heavy atom. The van der Waals surface area contributed by atoms with Gasteiger partial charge in [-0.15, -0.1) is 0 Å². The number of nitrogens with one attached hydrogen (secondary N) is 2. The molecule has 0 aliphatic carbocycles. The molecule has 6 nitrogen and oxygen atoms in total. The maximum atomic E-state index is 12.9. The normalized spacial score (nSPS) is 10.4. The summed E-state index contributed by atoms with van der Waals surface area (Å²) < 4.78 is 5.58. The van der Waals surface area contributed by atoms with E-state index in [1.54, 1.807) is 47.4 Å². The first-order chi connectivity index (χ1) is 16.9. The lowest BCUT2D eigenvalue weighted by Crippen LogP contribution is -2.34. The Kier molecular flexibility index (Phi) is 9.90. The maximum Gasteiger partial charge on any atom is 0.258 e. The van der Waals surface area contributed by atoms with E-state index in [1.165, 1.54) is 0 Å². The van der Waals surface area contributed by atoms with Gasteiger partial charge in [0, 0.05) is 34.9 Å². The van der Waals surface area contributed by atoms with Crippen LogP contribution in [0, 0.1) is 0 Å². The topological polar surface area (TPSA) is 70.7 Å². The van der Waals surface area contributed by atoms with Crippen LogP contribution in [-0.4, -0.2) is 30.1 Å². The van der Waals surface area contributed by atoms with Gasteiger partial charge in [-0.2, -0.15) is 0 Å². The molecule has 3 aromatic carbocycles. The monoisotopic (exact) mass is 529 g/mol. The van der Waals surface area contributed by atoms with Crippen LogP contribution in [0.25, 0.3) is 0 Å². The molecule has 0 unspecified atom stereocenters. The highest BCUT2D eigenvalue weighted by molar-refractivity contribution is 7.80. The van der Waals surface area contributed by atoms with E-state index in [1.807, 2.05) is 37.3 Å². The van der Waals surface area contributed by atoms with E-state index in [0.29, 0.717) is 46.6 Å². The lowest BCUT2D eigenvalue weighted by atomic mass is 10.1. The van der Waals surface area contributed by atoms with Crippen LogP contribution < -0.4 is 20.3 Å². The van der Waals surface area contributed by atoms with Crippen LogP contribution in [0.5, 0.6) is 5.75 Å². The maximum absolute atomic E-state index is 12.9. The standard InChI is InChI=1S/C26H25Cl2N3O3S/c1-2-31(21-7-4-3-5-8-21)25(33)18-10-13-20(14-11-18)29-26(35)30-24(32)9-6-16-34-23-15-12-19(27)17-22(23)28/h3-5,7-8,10-15,17H,2,6,9,16H2,1H3,(H2,29,30,32,35). The summed E-state index contributed by atoms with van der Waals surface area (Å²) in [5.41, 5.74) is 2.06. The molecule has 0 atom stereocenters. The van der Waals surface area contributed by atoms with Gasteiger partial charge in [-0.3, -0.25) is 9.59 Å². The molecular weight excluding hydrogens is 505 g/mol. The number of amides is 2. The van der Waals surface area contributed by atoms with E-state index in [9.17, 15) is 9.59 Å². The quantitative estimate of drug-likeness (QED) is 0.250. The summed E-state index contributed by atoms with van der Waals surface area (Å²) in [6.45, 7) is 2.81. The number of thiocarbonyl (C=S) groups is 1. The molecule has 182 valence electrons. The average Bonchev–Trinajstić information content (AvgIpc) is 2.84. The summed E-state index contributed by atoms with van der Waals surface area (Å²) in [6.07, 6.45) is 0.715. The zero-order chi connectivity index (χ0) is 25.2. The van der Waals surface area contributed by atoms with Gasteiger partial charge >= 0.3 is 0 Å². The highest BCUT2D eigenvalue weighted by Gasteiger charge is 2.16. The second-order valence-corrected chi connectivity index (χ2v) is 8.74. The van der Waals surface area contributed by atoms with E-state index < -0.39 is 0 Å². The summed E-state index contributed by atoms with van der Waals surface area (Å²) in [7, 11) is 0. The highest BCUT2D eigenvalue weighted by Crippen LogP contribution is 2.27. The largest absolute Gasteiger partial charge is 0.492 e. The van der Waals surface area contributed by atoms with Gasteiger partial charge in [0.15, 0.2) is 5.11 Å². The summed E-state index contributed by atoms with van der Waals surface area (Å²) in [6, 6.07) is 21.4. The summed E-state index contributed by atoms with van der Waals surface area (Å²) in [4.78, 5) is 26.8. The molecule has 0 aliphatic rings. The second-order valence-electron chi connectivity index (χ2n) is 7.49. The van der Waals surface area contributed by atoms with Gasteiger partial charge in [-0.25, -0.2) is 0 Å². The predicted octanol–water partition coefficient (Wildman–Crippen LogP) is 6.33. The SMILES string of the molecule is CCN(C(=O)c1ccc(NC(=S)NC(=O)CCCOc2ccc(Cl)cc2Cl)cc1)c1ccccc1. The summed E-state index contributed by atoms with van der Waals surface area (Å²) >= 11 is 17.1. The molecule has 3 rings (SSSR count). The highest BCUT2D eigenvalue weighted by atomic mass is 35.5. The third-order valence-electron chi connectivity index (χ3n) is 4.97. The van der Waals surface area contributed by atoms with Gasteiger partial charge in [0.2, 0.25) is 5.91 Å². The number of nitrogens with zero attached hydrogens (tertiary/aromatic N) is 1. The Hall–Kier alpha value is -3.13. The number of benzene rings is 3. The van der Waals surface area contributed by atoms with E-state index in [4.69, 9.17) is 40.2 Å². The minimum absolute atomic E-state index is 0.0942. The lowest BCUT2D eigenvalue weighted by molar-refractivity contribution is -0.119. The smallest absolute Gasteiger partial charge is 0.258 e. The number of ether oxygens (including phenoxy) is 1. The molecule has 2 N–H and O–H groups in total. The number of halogens is 2. The number of hydrogen-bond acceptors (Lipinski definition) is 4. The first-order valence-corrected chi connectivity index (χ1v) is 12.2. The molecule has 0 bridgehead atoms. The molecule has 0 aliphatic heterocycles. The van der Waals surface area contributed by atoms with Crippen LogP contribution in [0.4, 0.5) is 11.4 Å². The molecule has 0 fully saturated rings. The Morgan fingerprint density at radius 2 is 1.71 bits per heavy atom. The minimum atomic E-state index is -0.235. The van der Waals surface area contributed by atoms with E-state index in [-0.39, 0.29) is 23.3 Å². The molecule has 35 heavy (non-hydrogen) atoms. The number of anilines is 2. The Bertz CT molecular complexity index is 1170. The Labute approximate surface area is 220 Å². The molecule has 0 aromatic heterocycles. The van der Waals surface area contributed by atoms with Crippen LogP contribution in [0.1, 0.15) is 30.1 Å². The van der Waals surface area contributed by atoms with Crippen molar-refractivity contribution in [1.82, 2.24) is 5.32 Å². The average molecular weight is 530 g/mol. The molecule has 2 amide bonds. The Morgan fingerprint density at radius 3 is 2.37 bits per heavy atom. The molecule has 0 heterocycles. The fourth-order valence-electron chi connectivity index (χ4n) is 3.26. The van der Waals surface area contributed by atoms with Crippen molar-refractivity contribution >= 4 is 63.7 Å². The van der Waals surface area contributed by atoms with Gasteiger partial charge in [-0.1, -0.05) is 41.4 Å². The lowest BCUT2D eigenvalue weighted by Gasteiger charge is -2.21. The van der Waals surface area contributed by atoms with Crippen LogP contribution >= 0.6 is 35.4 Å². The molecular formula is C26H25Cl2N3O3S. The molecule has 0 spiro atoms. The molecule has 0 saturated heterocycles. The second kappa shape index (κ2) is 13.1. The van der Waals surface area contributed by atoms with Crippen molar-refractivity contribution in [3.8, 4) is 5.75 Å². The molecule has 0 saturated carbocycles. The number of carbonyl (C=O) groups is 2. The fraction of sp³-hybridized carbons (Fsp3) is 0.192. The third kappa shape index (κ3) is 7.96. The molecule has 9 heteroatoms. The third-order valence-corrected chi connectivity index (χ3v) is 5.71. The summed E-state index contributed by atoms with van der Waals surface area (Å²) in [5.74, 6) is 0.186. The number of para-hydroxylation sites is 1. The number of carbonyl (C=O) groups excluding carboxylic acids is 2. The fourth-order valence-corrected chi connectivity index (χ4v) is 3.96. The van der Waals surface area contributed by atoms with Crippen molar-refractivity contribution < 1.29 is 14.3 Å². The zero-order valence-electron chi connectivity index (χ0n) is 19.1. The van der Waals surface area contributed by atoms with E-state index >= 15 is 0 Å². The zero-order valence-corrected chi connectivity index (χ0v) is 21.4. The van der Waals surface area contributed by atoms with Gasteiger partial charge < -0.3 is 20.3 Å². The number of hydrogen-bond donors (Lipinski definition) is 2.